The first-order chi connectivity index (χ1) is 42.9. The number of aryl methyl sites for hydroxylation is 4. The van der Waals surface area contributed by atoms with E-state index in [1.807, 2.05) is 32.0 Å². The van der Waals surface area contributed by atoms with Crippen LogP contribution >= 0.6 is 17.8 Å². The van der Waals surface area contributed by atoms with Crippen LogP contribution in [0.3, 0.4) is 0 Å². The number of benzene rings is 8. The quantitative estimate of drug-likeness (QED) is 0.111. The molecule has 91 heavy (non-hydrogen) atoms. The van der Waals surface area contributed by atoms with Crippen LogP contribution in [0, 0.1) is 27.7 Å². The van der Waals surface area contributed by atoms with Gasteiger partial charge in [-0.1, -0.05) is 0 Å². The van der Waals surface area contributed by atoms with Gasteiger partial charge in [-0.2, -0.15) is 0 Å². The van der Waals surface area contributed by atoms with E-state index in [0.717, 1.165) is 35.4 Å². The summed E-state index contributed by atoms with van der Waals surface area (Å²) in [5.41, 5.74) is -3.08. The molecule has 0 fully saturated rings. The Labute approximate surface area is 517 Å². The van der Waals surface area contributed by atoms with Gasteiger partial charge in [0, 0.05) is 0 Å². The van der Waals surface area contributed by atoms with Crippen LogP contribution in [0.2, 0.25) is 0 Å². The van der Waals surface area contributed by atoms with Crippen LogP contribution in [0.25, 0.3) is 21.5 Å². The van der Waals surface area contributed by atoms with Crippen LogP contribution in [0.15, 0.2) is 176 Å². The van der Waals surface area contributed by atoms with Gasteiger partial charge in [0.15, 0.2) is 0 Å². The van der Waals surface area contributed by atoms with E-state index in [4.69, 9.17) is 66.7 Å². The van der Waals surface area contributed by atoms with Gasteiger partial charge in [0.05, 0.1) is 0 Å². The molecule has 0 saturated heterocycles. The van der Waals surface area contributed by atoms with Gasteiger partial charge in [-0.15, -0.1) is 0 Å². The summed E-state index contributed by atoms with van der Waals surface area (Å²) < 4.78 is 202. The summed E-state index contributed by atoms with van der Waals surface area (Å²) >= 11 is -6.26. The number of amidine groups is 4. The fourth-order valence-electron chi connectivity index (χ4n) is 11.4. The molecular weight excluding hydrogens is 1360 g/mol. The van der Waals surface area contributed by atoms with E-state index in [-0.39, 0.29) is 130 Å². The van der Waals surface area contributed by atoms with Crippen molar-refractivity contribution < 1.29 is 71.6 Å². The van der Waals surface area contributed by atoms with Crippen molar-refractivity contribution in [1.29, 1.82) is 0 Å². The summed E-state index contributed by atoms with van der Waals surface area (Å²) in [5.74, 6) is -2.35. The number of hydrogen-bond acceptors (Lipinski definition) is 10. The van der Waals surface area contributed by atoms with Crippen molar-refractivity contribution >= 4 is 91.0 Å². The van der Waals surface area contributed by atoms with Crippen LogP contribution in [-0.4, -0.2) is 45.6 Å². The number of ether oxygens (including phenoxy) is 4. The first-order valence-corrected chi connectivity index (χ1v) is 37.0. The molecule has 14 rings (SSSR count). The van der Waals surface area contributed by atoms with Gasteiger partial charge < -0.3 is 0 Å². The van der Waals surface area contributed by atoms with Crippen LogP contribution in [0.4, 0.5) is 64.3 Å². The van der Waals surface area contributed by atoms with Crippen LogP contribution < -0.4 is 29.9 Å². The van der Waals surface area contributed by atoms with E-state index < -0.39 is 69.4 Å². The Morgan fingerprint density at radius 2 is 0.725 bits per heavy atom. The van der Waals surface area contributed by atoms with Crippen molar-refractivity contribution in [2.45, 2.75) is 52.4 Å². The zero-order chi connectivity index (χ0) is 64.2. The zero-order valence-electron chi connectivity index (χ0n) is 46.9. The molecule has 6 bridgehead atoms. The molecule has 0 aliphatic carbocycles. The van der Waals surface area contributed by atoms with E-state index in [9.17, 15) is 52.7 Å². The molecule has 8 aromatic carbocycles. The van der Waals surface area contributed by atoms with Crippen molar-refractivity contribution in [2.75, 3.05) is 0 Å². The third-order valence-corrected chi connectivity index (χ3v) is 25.1. The summed E-state index contributed by atoms with van der Waals surface area (Å²) in [5, 5.41) is 0.300. The molecule has 27 heteroatoms. The SMILES string of the molecule is Cc1cc(C)cc(Oc2cccc3c2C2=NC3=Nc3c4c(Oc5cc(C)cc(C(F)(F)F)c5)cccc4c4[n]3[Sn]([Cl])([Cl])[n]3c(c5cccc(Oc6cc(C)cc(C(F)(F)F)c6)c5c3=NC3=NC(=N4)c4c(Oc5cc(C(F)(F)F)cc(C(F)(F)F)c5)cccc43)=N2)c1. The number of alkyl halides is 12. The van der Waals surface area contributed by atoms with E-state index in [0.29, 0.717) is 29.0 Å². The number of aromatic nitrogens is 2. The van der Waals surface area contributed by atoms with Crippen molar-refractivity contribution in [3.63, 3.8) is 0 Å². The van der Waals surface area contributed by atoms with Gasteiger partial charge in [0.2, 0.25) is 0 Å². The van der Waals surface area contributed by atoms with Gasteiger partial charge >= 0.3 is 520 Å². The predicted octanol–water partition coefficient (Wildman–Crippen LogP) is 18.3. The van der Waals surface area contributed by atoms with Gasteiger partial charge in [-0.05, 0) is 0 Å². The average molecular weight is 1400 g/mol. The summed E-state index contributed by atoms with van der Waals surface area (Å²) in [7, 11) is 16.6. The topological polar surface area (TPSA) is 121 Å². The molecule has 12 nitrogen and oxygen atoms in total. The minimum absolute atomic E-state index is 0.0210. The Morgan fingerprint density at radius 3 is 1.24 bits per heavy atom. The third-order valence-electron chi connectivity index (χ3n) is 15.0. The summed E-state index contributed by atoms with van der Waals surface area (Å²) in [6.07, 6.45) is -20.2. The van der Waals surface area contributed by atoms with Crippen LogP contribution in [-0.2, 0) is 24.7 Å². The Hall–Kier alpha value is -9.14. The van der Waals surface area contributed by atoms with Crippen molar-refractivity contribution in [1.82, 2.24) is 5.58 Å². The molecule has 0 amide bonds. The molecule has 0 spiro atoms. The number of nitrogens with zero attached hydrogens (tertiary/aromatic N) is 8. The molecule has 0 N–H and O–H groups in total. The minimum atomic E-state index is -6.26. The predicted molar refractivity (Wildman–Crippen MR) is 318 cm³/mol. The molecule has 2 aromatic heterocycles. The Kier molecular flexibility index (Phi) is 13.7. The molecule has 4 aliphatic heterocycles. The average Bonchev–Trinajstić information content (AvgIpc) is 1.54. The van der Waals surface area contributed by atoms with Crippen LogP contribution in [0.5, 0.6) is 46.0 Å². The van der Waals surface area contributed by atoms with Crippen molar-refractivity contribution in [3.05, 3.63) is 223 Å². The Balaban J connectivity index is 1.13. The number of fused-ring (bicyclic) bond motifs is 14. The standard InChI is InChI=1S/C64H36F12N8O4.2ClH.Sn/c1-29-17-30(2)21-37(20-29)85-45-13-5-9-41-49(45)57-77-53(41)79-58-51-43(11-7-15-47(51)87-39-23-32(4)19-34(26-39)62(68,69)70)55(81-58)83-60-52-44(12-8-16-48(52)88-40-27-35(63(71,72)73)24-36(28-40)64(74,75)76)56(84-60)82-59-50-42(54(78-57)80-59)10-6-14-46(50)86-38-22-31(3)18-33(25-38)61(65,66)67;;;/h5-28H,1-4H3;2*1H;/q-2;;;+4/p-2. The molecule has 6 heterocycles. The summed E-state index contributed by atoms with van der Waals surface area (Å²) in [4.78, 5) is 30.8. The first kappa shape index (κ1) is 59.5. The maximum absolute atomic E-state index is 14.5. The molecule has 458 valence electrons. The monoisotopic (exact) mass is 1400 g/mol. The fourth-order valence-corrected chi connectivity index (χ4v) is 21.1. The maximum atomic E-state index is 14.5. The molecular formula is C64H36Cl2F12N8O4Sn. The Morgan fingerprint density at radius 1 is 0.352 bits per heavy atom. The van der Waals surface area contributed by atoms with E-state index >= 15 is 0 Å². The molecule has 0 saturated carbocycles. The second-order valence-electron chi connectivity index (χ2n) is 21.7. The van der Waals surface area contributed by atoms with Gasteiger partial charge in [-0.25, -0.2) is 0 Å². The fraction of sp³-hybridized carbons (Fsp3) is 0.125. The molecule has 0 unspecified atom stereocenters. The molecule has 10 aromatic rings. The van der Waals surface area contributed by atoms with Gasteiger partial charge in [-0.3, -0.25) is 0 Å². The number of hydrogen-bond donors (Lipinski definition) is 0. The Bertz CT molecular complexity index is 5070. The summed E-state index contributed by atoms with van der Waals surface area (Å²) in [6.45, 7) is 6.67. The molecule has 0 atom stereocenters. The van der Waals surface area contributed by atoms with E-state index in [1.54, 1.807) is 30.3 Å². The third kappa shape index (κ3) is 10.5. The van der Waals surface area contributed by atoms with E-state index in [2.05, 4.69) is 0 Å². The molecule has 0 radical (unpaired) electrons. The number of halogens is 14. The van der Waals surface area contributed by atoms with Crippen molar-refractivity contribution in [2.24, 2.45) is 30.0 Å². The number of rotatable bonds is 8. The molecule has 4 aliphatic rings. The van der Waals surface area contributed by atoms with Crippen molar-refractivity contribution in [3.8, 4) is 46.0 Å². The van der Waals surface area contributed by atoms with Gasteiger partial charge in [0.1, 0.15) is 0 Å². The van der Waals surface area contributed by atoms with Gasteiger partial charge in [0.25, 0.3) is 0 Å². The number of aliphatic imine (C=N–C) groups is 4. The van der Waals surface area contributed by atoms with E-state index in [1.165, 1.54) is 74.0 Å². The second-order valence-corrected chi connectivity index (χ2v) is 35.5. The summed E-state index contributed by atoms with van der Waals surface area (Å²) in [6, 6.07) is 30.7. The zero-order valence-corrected chi connectivity index (χ0v) is 51.2. The second kappa shape index (κ2) is 21.0. The first-order valence-electron chi connectivity index (χ1n) is 27.2. The normalized spacial score (nSPS) is 14.8. The van der Waals surface area contributed by atoms with Crippen LogP contribution in [0.1, 0.15) is 66.8 Å².